The molecule has 7 heteroatoms. The second-order valence-corrected chi connectivity index (χ2v) is 5.22. The Balaban J connectivity index is 1.91. The van der Waals surface area contributed by atoms with Crippen LogP contribution >= 0.6 is 11.3 Å². The normalized spacial score (nSPS) is 10.5. The number of carbonyl (C=O) groups is 1. The number of ether oxygens (including phenoxy) is 1. The first-order valence-electron chi connectivity index (χ1n) is 6.07. The topological polar surface area (TPSA) is 84.3 Å². The molecule has 2 heterocycles. The zero-order chi connectivity index (χ0) is 14.8. The summed E-state index contributed by atoms with van der Waals surface area (Å²) in [7, 11) is 1.61. The minimum atomic E-state index is -1.06. The van der Waals surface area contributed by atoms with E-state index in [1.165, 1.54) is 17.4 Å². The van der Waals surface area contributed by atoms with Crippen LogP contribution in [0.1, 0.15) is 10.5 Å². The molecule has 6 nitrogen and oxygen atoms in total. The number of methoxy groups -OCH3 is 1. The van der Waals surface area contributed by atoms with E-state index in [2.05, 4.69) is 15.3 Å². The number of aromatic carboxylic acids is 1. The van der Waals surface area contributed by atoms with Gasteiger partial charge in [0.2, 0.25) is 0 Å². The third-order valence-electron chi connectivity index (χ3n) is 2.80. The second kappa shape index (κ2) is 5.37. The molecule has 0 amide bonds. The summed E-state index contributed by atoms with van der Waals surface area (Å²) in [4.78, 5) is 19.3. The van der Waals surface area contributed by atoms with Crippen molar-refractivity contribution in [3.05, 3.63) is 42.1 Å². The highest BCUT2D eigenvalue weighted by Crippen LogP contribution is 2.30. The quantitative estimate of drug-likeness (QED) is 0.770. The van der Waals surface area contributed by atoms with Gasteiger partial charge in [-0.2, -0.15) is 0 Å². The first kappa shape index (κ1) is 13.3. The van der Waals surface area contributed by atoms with Gasteiger partial charge in [0.05, 0.1) is 17.3 Å². The molecule has 3 aromatic rings. The zero-order valence-electron chi connectivity index (χ0n) is 11.0. The van der Waals surface area contributed by atoms with Gasteiger partial charge in [-0.3, -0.25) is 0 Å². The largest absolute Gasteiger partial charge is 0.497 e. The summed E-state index contributed by atoms with van der Waals surface area (Å²) in [5.41, 5.74) is 0.834. The van der Waals surface area contributed by atoms with Crippen molar-refractivity contribution < 1.29 is 14.6 Å². The number of anilines is 2. The van der Waals surface area contributed by atoms with E-state index in [9.17, 15) is 4.79 Å². The number of pyridine rings is 1. The molecule has 0 atom stereocenters. The number of benzene rings is 1. The van der Waals surface area contributed by atoms with Crippen molar-refractivity contribution in [2.24, 2.45) is 0 Å². The summed E-state index contributed by atoms with van der Waals surface area (Å²) in [5.74, 6) is 0.150. The highest BCUT2D eigenvalue weighted by molar-refractivity contribution is 7.22. The predicted molar refractivity (Wildman–Crippen MR) is 80.7 cm³/mol. The Morgan fingerprint density at radius 1 is 1.29 bits per heavy atom. The Hall–Kier alpha value is -2.67. The molecule has 0 aliphatic carbocycles. The molecule has 0 aliphatic heterocycles. The van der Waals surface area contributed by atoms with Gasteiger partial charge in [-0.15, -0.1) is 0 Å². The molecule has 0 aliphatic rings. The molecule has 0 spiro atoms. The average Bonchev–Trinajstić information content (AvgIpc) is 2.88. The van der Waals surface area contributed by atoms with E-state index in [0.717, 1.165) is 16.0 Å². The number of thiazole rings is 1. The van der Waals surface area contributed by atoms with E-state index in [1.807, 2.05) is 18.2 Å². The fourth-order valence-electron chi connectivity index (χ4n) is 1.82. The smallest absolute Gasteiger partial charge is 0.354 e. The third-order valence-corrected chi connectivity index (χ3v) is 3.73. The van der Waals surface area contributed by atoms with Gasteiger partial charge >= 0.3 is 5.97 Å². The van der Waals surface area contributed by atoms with Crippen LogP contribution in [0.4, 0.5) is 10.9 Å². The average molecular weight is 301 g/mol. The zero-order valence-corrected chi connectivity index (χ0v) is 11.8. The van der Waals surface area contributed by atoms with Crippen LogP contribution in [0.2, 0.25) is 0 Å². The lowest BCUT2D eigenvalue weighted by molar-refractivity contribution is 0.0690. The van der Waals surface area contributed by atoms with Crippen molar-refractivity contribution in [3.63, 3.8) is 0 Å². The van der Waals surface area contributed by atoms with Crippen molar-refractivity contribution in [2.45, 2.75) is 0 Å². The predicted octanol–water partition coefficient (Wildman–Crippen LogP) is 3.14. The highest BCUT2D eigenvalue weighted by atomic mass is 32.1. The van der Waals surface area contributed by atoms with Gasteiger partial charge in [-0.1, -0.05) is 17.4 Å². The molecule has 106 valence electrons. The molecule has 0 saturated carbocycles. The minimum absolute atomic E-state index is 0.0113. The van der Waals surface area contributed by atoms with E-state index >= 15 is 0 Å². The number of nitrogens with zero attached hydrogens (tertiary/aromatic N) is 2. The maximum absolute atomic E-state index is 10.9. The Bertz CT molecular complexity index is 816. The molecule has 0 saturated heterocycles. The molecule has 2 aromatic heterocycles. The summed E-state index contributed by atoms with van der Waals surface area (Å²) in [6.45, 7) is 0. The SMILES string of the molecule is COc1ccc2nc(Nc3cccc(C(=O)O)n3)sc2c1. The first-order valence-corrected chi connectivity index (χ1v) is 6.89. The molecule has 2 N–H and O–H groups in total. The van der Waals surface area contributed by atoms with Crippen LogP contribution in [0.25, 0.3) is 10.2 Å². The standard InChI is InChI=1S/C14H11N3O3S/c1-20-8-5-6-9-11(7-8)21-14(16-9)17-12-4-2-3-10(15-12)13(18)19/h2-7H,1H3,(H,18,19)(H,15,16,17). The van der Waals surface area contributed by atoms with E-state index in [-0.39, 0.29) is 5.69 Å². The number of fused-ring (bicyclic) bond motifs is 1. The van der Waals surface area contributed by atoms with Gasteiger partial charge in [-0.25, -0.2) is 14.8 Å². The van der Waals surface area contributed by atoms with Crippen LogP contribution in [0.15, 0.2) is 36.4 Å². The molecule has 0 fully saturated rings. The summed E-state index contributed by atoms with van der Waals surface area (Å²) in [6.07, 6.45) is 0. The summed E-state index contributed by atoms with van der Waals surface area (Å²) < 4.78 is 6.15. The third kappa shape index (κ3) is 2.77. The molecule has 21 heavy (non-hydrogen) atoms. The Morgan fingerprint density at radius 2 is 2.14 bits per heavy atom. The maximum atomic E-state index is 10.9. The van der Waals surface area contributed by atoms with Crippen LogP contribution < -0.4 is 10.1 Å². The van der Waals surface area contributed by atoms with Crippen LogP contribution in [0, 0.1) is 0 Å². The maximum Gasteiger partial charge on any atom is 0.354 e. The lowest BCUT2D eigenvalue weighted by Gasteiger charge is -2.01. The molecular weight excluding hydrogens is 290 g/mol. The van der Waals surface area contributed by atoms with Crippen LogP contribution in [-0.4, -0.2) is 28.2 Å². The van der Waals surface area contributed by atoms with Crippen molar-refractivity contribution in [2.75, 3.05) is 12.4 Å². The van der Waals surface area contributed by atoms with Crippen molar-refractivity contribution in [1.82, 2.24) is 9.97 Å². The summed E-state index contributed by atoms with van der Waals surface area (Å²) >= 11 is 1.45. The number of aromatic nitrogens is 2. The van der Waals surface area contributed by atoms with E-state index in [4.69, 9.17) is 9.84 Å². The second-order valence-electron chi connectivity index (χ2n) is 4.19. The number of carboxylic acids is 1. The van der Waals surface area contributed by atoms with Crippen LogP contribution in [0.5, 0.6) is 5.75 Å². The van der Waals surface area contributed by atoms with Gasteiger partial charge in [0.15, 0.2) is 10.8 Å². The monoisotopic (exact) mass is 301 g/mol. The van der Waals surface area contributed by atoms with Gasteiger partial charge < -0.3 is 15.2 Å². The van der Waals surface area contributed by atoms with Crippen molar-refractivity contribution in [1.29, 1.82) is 0 Å². The molecule has 0 bridgehead atoms. The van der Waals surface area contributed by atoms with Crippen LogP contribution in [0.3, 0.4) is 0 Å². The Labute approximate surface area is 124 Å². The first-order chi connectivity index (χ1) is 10.2. The lowest BCUT2D eigenvalue weighted by Crippen LogP contribution is -2.02. The molecule has 0 unspecified atom stereocenters. The fourth-order valence-corrected chi connectivity index (χ4v) is 2.72. The minimum Gasteiger partial charge on any atom is -0.497 e. The number of hydrogen-bond donors (Lipinski definition) is 2. The number of hydrogen-bond acceptors (Lipinski definition) is 6. The highest BCUT2D eigenvalue weighted by Gasteiger charge is 2.08. The van der Waals surface area contributed by atoms with E-state index in [0.29, 0.717) is 10.9 Å². The van der Waals surface area contributed by atoms with Gasteiger partial charge in [0.25, 0.3) is 0 Å². The fraction of sp³-hybridized carbons (Fsp3) is 0.0714. The van der Waals surface area contributed by atoms with Crippen molar-refractivity contribution >= 4 is 38.5 Å². The molecule has 1 aromatic carbocycles. The number of rotatable bonds is 4. The van der Waals surface area contributed by atoms with E-state index < -0.39 is 5.97 Å². The Kier molecular flexibility index (Phi) is 3.41. The van der Waals surface area contributed by atoms with Gasteiger partial charge in [-0.05, 0) is 30.3 Å². The molecular formula is C14H11N3O3S. The van der Waals surface area contributed by atoms with Crippen molar-refractivity contribution in [3.8, 4) is 5.75 Å². The van der Waals surface area contributed by atoms with E-state index in [1.54, 1.807) is 19.2 Å². The van der Waals surface area contributed by atoms with Gasteiger partial charge in [0.1, 0.15) is 11.6 Å². The summed E-state index contributed by atoms with van der Waals surface area (Å²) in [5, 5.41) is 12.6. The lowest BCUT2D eigenvalue weighted by atomic mass is 10.3. The number of nitrogens with one attached hydrogen (secondary N) is 1. The molecule has 3 rings (SSSR count). The van der Waals surface area contributed by atoms with Gasteiger partial charge in [0, 0.05) is 0 Å². The summed E-state index contributed by atoms with van der Waals surface area (Å²) in [6, 6.07) is 10.4. The number of carboxylic acid groups (broad SMARTS) is 1. The molecule has 0 radical (unpaired) electrons. The van der Waals surface area contributed by atoms with Crippen LogP contribution in [-0.2, 0) is 0 Å². The Morgan fingerprint density at radius 3 is 2.90 bits per heavy atom.